The molecule has 2 aromatic rings. The number of amides is 1. The van der Waals surface area contributed by atoms with Gasteiger partial charge in [0.1, 0.15) is 6.10 Å². The van der Waals surface area contributed by atoms with Crippen molar-refractivity contribution in [3.8, 4) is 5.88 Å². The van der Waals surface area contributed by atoms with Crippen LogP contribution in [0.4, 0.5) is 5.69 Å². The minimum absolute atomic E-state index is 0.129. The van der Waals surface area contributed by atoms with Crippen LogP contribution in [0, 0.1) is 10.1 Å². The molecule has 3 rings (SSSR count). The fraction of sp³-hybridized carbons (Fsp3) is 0.250. The molecule has 0 saturated carbocycles. The van der Waals surface area contributed by atoms with Gasteiger partial charge in [0.15, 0.2) is 0 Å². The van der Waals surface area contributed by atoms with E-state index in [2.05, 4.69) is 4.98 Å². The molecule has 0 N–H and O–H groups in total. The van der Waals surface area contributed by atoms with Gasteiger partial charge in [-0.1, -0.05) is 17.7 Å². The predicted octanol–water partition coefficient (Wildman–Crippen LogP) is 2.94. The first-order valence-electron chi connectivity index (χ1n) is 7.35. The Bertz CT molecular complexity index is 769. The highest BCUT2D eigenvalue weighted by molar-refractivity contribution is 6.33. The fourth-order valence-electron chi connectivity index (χ4n) is 2.56. The third-order valence-electron chi connectivity index (χ3n) is 3.75. The molecule has 0 aliphatic carbocycles. The third-order valence-corrected chi connectivity index (χ3v) is 4.08. The van der Waals surface area contributed by atoms with Crippen molar-refractivity contribution in [2.45, 2.75) is 12.5 Å². The fourth-order valence-corrected chi connectivity index (χ4v) is 2.76. The van der Waals surface area contributed by atoms with Gasteiger partial charge in [-0.3, -0.25) is 14.9 Å². The van der Waals surface area contributed by atoms with Crippen molar-refractivity contribution < 1.29 is 14.5 Å². The highest BCUT2D eigenvalue weighted by Gasteiger charge is 2.30. The SMILES string of the molecule is O=C(c1cc([N+](=O)[O-])ccc1Cl)N1CCC(Oc2ccccn2)C1. The molecule has 1 aliphatic heterocycles. The van der Waals surface area contributed by atoms with Crippen LogP contribution in [0.25, 0.3) is 0 Å². The third kappa shape index (κ3) is 3.46. The van der Waals surface area contributed by atoms with E-state index in [0.29, 0.717) is 25.4 Å². The van der Waals surface area contributed by atoms with Crippen LogP contribution < -0.4 is 4.74 Å². The molecule has 1 fully saturated rings. The number of pyridine rings is 1. The van der Waals surface area contributed by atoms with E-state index in [1.54, 1.807) is 23.2 Å². The quantitative estimate of drug-likeness (QED) is 0.627. The van der Waals surface area contributed by atoms with Gasteiger partial charge in [0.05, 0.1) is 22.1 Å². The second kappa shape index (κ2) is 6.84. The van der Waals surface area contributed by atoms with E-state index in [1.807, 2.05) is 6.07 Å². The van der Waals surface area contributed by atoms with Crippen molar-refractivity contribution in [3.05, 3.63) is 63.3 Å². The number of hydrogen-bond acceptors (Lipinski definition) is 5. The highest BCUT2D eigenvalue weighted by Crippen LogP contribution is 2.25. The lowest BCUT2D eigenvalue weighted by Crippen LogP contribution is -2.31. The van der Waals surface area contributed by atoms with Gasteiger partial charge < -0.3 is 9.64 Å². The van der Waals surface area contributed by atoms with Gasteiger partial charge in [-0.2, -0.15) is 0 Å². The number of halogens is 1. The Morgan fingerprint density at radius 3 is 2.92 bits per heavy atom. The Labute approximate surface area is 143 Å². The summed E-state index contributed by atoms with van der Waals surface area (Å²) in [5.74, 6) is 0.168. The Balaban J connectivity index is 1.70. The molecule has 1 aromatic carbocycles. The molecule has 1 saturated heterocycles. The second-order valence-corrected chi connectivity index (χ2v) is 5.78. The zero-order valence-corrected chi connectivity index (χ0v) is 13.3. The molecule has 1 aliphatic rings. The van der Waals surface area contributed by atoms with E-state index < -0.39 is 4.92 Å². The number of rotatable bonds is 4. The van der Waals surface area contributed by atoms with Gasteiger partial charge in [0.25, 0.3) is 11.6 Å². The zero-order chi connectivity index (χ0) is 17.1. The summed E-state index contributed by atoms with van der Waals surface area (Å²) >= 11 is 6.03. The number of nitrogens with zero attached hydrogens (tertiary/aromatic N) is 3. The smallest absolute Gasteiger partial charge is 0.270 e. The lowest BCUT2D eigenvalue weighted by atomic mass is 10.2. The van der Waals surface area contributed by atoms with Crippen molar-refractivity contribution >= 4 is 23.2 Å². The van der Waals surface area contributed by atoms with E-state index in [1.165, 1.54) is 18.2 Å². The van der Waals surface area contributed by atoms with Crippen LogP contribution >= 0.6 is 11.6 Å². The molecule has 24 heavy (non-hydrogen) atoms. The van der Waals surface area contributed by atoms with Crippen LogP contribution in [0.5, 0.6) is 5.88 Å². The van der Waals surface area contributed by atoms with Crippen molar-refractivity contribution in [3.63, 3.8) is 0 Å². The van der Waals surface area contributed by atoms with Gasteiger partial charge in [0, 0.05) is 37.4 Å². The first-order chi connectivity index (χ1) is 11.5. The molecule has 2 heterocycles. The summed E-state index contributed by atoms with van der Waals surface area (Å²) in [6.07, 6.45) is 2.13. The summed E-state index contributed by atoms with van der Waals surface area (Å²) in [5.41, 5.74) is -0.0346. The molecule has 1 amide bonds. The number of aromatic nitrogens is 1. The molecule has 1 unspecified atom stereocenters. The number of nitro benzene ring substituents is 1. The van der Waals surface area contributed by atoms with Crippen LogP contribution in [-0.2, 0) is 0 Å². The van der Waals surface area contributed by atoms with Crippen LogP contribution in [0.2, 0.25) is 5.02 Å². The Hall–Kier alpha value is -2.67. The van der Waals surface area contributed by atoms with Gasteiger partial charge in [-0.15, -0.1) is 0 Å². The number of non-ortho nitro benzene ring substituents is 1. The maximum atomic E-state index is 12.6. The molecule has 1 atom stereocenters. The van der Waals surface area contributed by atoms with Gasteiger partial charge in [0.2, 0.25) is 5.88 Å². The maximum absolute atomic E-state index is 12.6. The molecule has 124 valence electrons. The van der Waals surface area contributed by atoms with E-state index in [9.17, 15) is 14.9 Å². The molecule has 0 spiro atoms. The topological polar surface area (TPSA) is 85.6 Å². The monoisotopic (exact) mass is 347 g/mol. The number of likely N-dealkylation sites (tertiary alicyclic amines) is 1. The van der Waals surface area contributed by atoms with Crippen LogP contribution in [-0.4, -0.2) is 39.9 Å². The first-order valence-corrected chi connectivity index (χ1v) is 7.73. The summed E-state index contributed by atoms with van der Waals surface area (Å²) in [6.45, 7) is 0.879. The number of carbonyl (C=O) groups is 1. The number of carbonyl (C=O) groups excluding carboxylic acids is 1. The Morgan fingerprint density at radius 1 is 1.38 bits per heavy atom. The van der Waals surface area contributed by atoms with Gasteiger partial charge >= 0.3 is 0 Å². The van der Waals surface area contributed by atoms with Crippen LogP contribution in [0.15, 0.2) is 42.6 Å². The molecular formula is C16H14ClN3O4. The number of ether oxygens (including phenoxy) is 1. The van der Waals surface area contributed by atoms with E-state index in [0.717, 1.165) is 0 Å². The largest absolute Gasteiger partial charge is 0.472 e. The molecule has 0 radical (unpaired) electrons. The second-order valence-electron chi connectivity index (χ2n) is 5.37. The Morgan fingerprint density at radius 2 is 2.21 bits per heavy atom. The Kier molecular flexibility index (Phi) is 4.61. The molecular weight excluding hydrogens is 334 g/mol. The van der Waals surface area contributed by atoms with Gasteiger partial charge in [-0.05, 0) is 12.1 Å². The van der Waals surface area contributed by atoms with E-state index in [-0.39, 0.29) is 28.3 Å². The summed E-state index contributed by atoms with van der Waals surface area (Å²) < 4.78 is 5.74. The molecule has 8 heteroatoms. The molecule has 7 nitrogen and oxygen atoms in total. The minimum Gasteiger partial charge on any atom is -0.472 e. The van der Waals surface area contributed by atoms with E-state index >= 15 is 0 Å². The lowest BCUT2D eigenvalue weighted by Gasteiger charge is -2.17. The molecule has 0 bridgehead atoms. The van der Waals surface area contributed by atoms with Crippen molar-refractivity contribution in [2.24, 2.45) is 0 Å². The summed E-state index contributed by atoms with van der Waals surface area (Å²) in [5, 5.41) is 11.1. The van der Waals surface area contributed by atoms with Crippen molar-refractivity contribution in [1.82, 2.24) is 9.88 Å². The van der Waals surface area contributed by atoms with E-state index in [4.69, 9.17) is 16.3 Å². The number of nitro groups is 1. The zero-order valence-electron chi connectivity index (χ0n) is 12.6. The van der Waals surface area contributed by atoms with Crippen LogP contribution in [0.3, 0.4) is 0 Å². The summed E-state index contributed by atoms with van der Waals surface area (Å²) in [4.78, 5) is 28.6. The standard InChI is InChI=1S/C16H14ClN3O4/c17-14-5-4-11(20(22)23)9-13(14)16(21)19-8-6-12(10-19)24-15-3-1-2-7-18-15/h1-5,7,9,12H,6,8,10H2. The predicted molar refractivity (Wildman–Crippen MR) is 87.3 cm³/mol. The first kappa shape index (κ1) is 16.2. The maximum Gasteiger partial charge on any atom is 0.270 e. The summed E-state index contributed by atoms with van der Waals surface area (Å²) in [6, 6.07) is 9.21. The van der Waals surface area contributed by atoms with Crippen molar-refractivity contribution in [1.29, 1.82) is 0 Å². The number of benzene rings is 1. The average molecular weight is 348 g/mol. The normalized spacial score (nSPS) is 16.9. The minimum atomic E-state index is -0.552. The lowest BCUT2D eigenvalue weighted by molar-refractivity contribution is -0.384. The highest BCUT2D eigenvalue weighted by atomic mass is 35.5. The van der Waals surface area contributed by atoms with Crippen molar-refractivity contribution in [2.75, 3.05) is 13.1 Å². The summed E-state index contributed by atoms with van der Waals surface area (Å²) in [7, 11) is 0. The average Bonchev–Trinajstić information content (AvgIpc) is 3.04. The van der Waals surface area contributed by atoms with Gasteiger partial charge in [-0.25, -0.2) is 4.98 Å². The van der Waals surface area contributed by atoms with Crippen LogP contribution in [0.1, 0.15) is 16.8 Å². The number of hydrogen-bond donors (Lipinski definition) is 0. The molecule has 1 aromatic heterocycles.